The molecule has 0 aliphatic carbocycles. The van der Waals surface area contributed by atoms with Crippen LogP contribution in [0, 0.1) is 6.92 Å². The van der Waals surface area contributed by atoms with Gasteiger partial charge in [-0.25, -0.2) is 0 Å². The Morgan fingerprint density at radius 1 is 1.30 bits per heavy atom. The molecule has 23 heavy (non-hydrogen) atoms. The lowest BCUT2D eigenvalue weighted by Crippen LogP contribution is -2.44. The largest absolute Gasteiger partial charge is 0.491 e. The normalized spacial score (nSPS) is 20.4. The summed E-state index contributed by atoms with van der Waals surface area (Å²) in [5.41, 5.74) is 0.672. The van der Waals surface area contributed by atoms with Gasteiger partial charge in [0.1, 0.15) is 18.0 Å². The van der Waals surface area contributed by atoms with Crippen LogP contribution in [0.1, 0.15) is 18.9 Å². The number of benzene rings is 1. The second-order valence-electron chi connectivity index (χ2n) is 5.96. The van der Waals surface area contributed by atoms with Crippen molar-refractivity contribution < 1.29 is 19.1 Å². The summed E-state index contributed by atoms with van der Waals surface area (Å²) in [5.74, 6) is 0.475. The van der Waals surface area contributed by atoms with Crippen molar-refractivity contribution in [3.05, 3.63) is 29.8 Å². The molecule has 6 nitrogen and oxygen atoms in total. The number of hydrogen-bond donors (Lipinski definition) is 1. The number of nitrogens with one attached hydrogen (secondary N) is 1. The predicted molar refractivity (Wildman–Crippen MR) is 86.3 cm³/mol. The Morgan fingerprint density at radius 3 is 2.61 bits per heavy atom. The maximum atomic E-state index is 12.1. The Hall–Kier alpha value is -2.08. The van der Waals surface area contributed by atoms with Crippen molar-refractivity contribution in [2.24, 2.45) is 0 Å². The summed E-state index contributed by atoms with van der Waals surface area (Å²) in [6.07, 6.45) is 0.709. The van der Waals surface area contributed by atoms with E-state index in [9.17, 15) is 9.59 Å². The minimum Gasteiger partial charge on any atom is -0.491 e. The summed E-state index contributed by atoms with van der Waals surface area (Å²) in [4.78, 5) is 24.7. The van der Waals surface area contributed by atoms with E-state index < -0.39 is 5.60 Å². The van der Waals surface area contributed by atoms with E-state index in [2.05, 4.69) is 5.32 Å². The van der Waals surface area contributed by atoms with Crippen LogP contribution in [-0.4, -0.2) is 55.7 Å². The molecule has 0 spiro atoms. The maximum Gasteiger partial charge on any atom is 0.242 e. The van der Waals surface area contributed by atoms with Gasteiger partial charge in [0.25, 0.3) is 0 Å². The fraction of sp³-hybridized carbons (Fsp3) is 0.529. The van der Waals surface area contributed by atoms with E-state index in [1.165, 1.54) is 12.5 Å². The molecule has 0 aromatic heterocycles. The fourth-order valence-electron chi connectivity index (χ4n) is 2.56. The van der Waals surface area contributed by atoms with Gasteiger partial charge in [0.05, 0.1) is 13.1 Å². The summed E-state index contributed by atoms with van der Waals surface area (Å²) < 4.78 is 11.5. The molecular formula is C17H24N2O4. The van der Waals surface area contributed by atoms with Gasteiger partial charge in [-0.05, 0) is 25.5 Å². The molecule has 1 N–H and O–H groups in total. The molecule has 0 radical (unpaired) electrons. The van der Waals surface area contributed by atoms with Gasteiger partial charge in [0.15, 0.2) is 0 Å². The van der Waals surface area contributed by atoms with Crippen molar-refractivity contribution >= 4 is 11.8 Å². The van der Waals surface area contributed by atoms with E-state index in [0.29, 0.717) is 26.1 Å². The van der Waals surface area contributed by atoms with Crippen molar-refractivity contribution in [3.63, 3.8) is 0 Å². The van der Waals surface area contributed by atoms with Crippen molar-refractivity contribution in [2.45, 2.75) is 25.9 Å². The molecule has 0 bridgehead atoms. The van der Waals surface area contributed by atoms with Crippen LogP contribution in [0.4, 0.5) is 0 Å². The van der Waals surface area contributed by atoms with E-state index in [0.717, 1.165) is 5.75 Å². The summed E-state index contributed by atoms with van der Waals surface area (Å²) in [6.45, 7) is 4.89. The van der Waals surface area contributed by atoms with E-state index >= 15 is 0 Å². The molecule has 1 aromatic rings. The molecule has 2 rings (SSSR count). The Morgan fingerprint density at radius 2 is 2.00 bits per heavy atom. The fourth-order valence-corrected chi connectivity index (χ4v) is 2.56. The Labute approximate surface area is 136 Å². The molecule has 2 amide bonds. The lowest BCUT2D eigenvalue weighted by molar-refractivity contribution is -0.133. The molecule has 1 heterocycles. The molecule has 6 heteroatoms. The number of likely N-dealkylation sites (tertiary alicyclic amines) is 1. The highest BCUT2D eigenvalue weighted by Crippen LogP contribution is 2.26. The van der Waals surface area contributed by atoms with E-state index in [1.807, 2.05) is 31.2 Å². The minimum atomic E-state index is -0.503. The van der Waals surface area contributed by atoms with Gasteiger partial charge in [-0.3, -0.25) is 9.59 Å². The third-order valence-electron chi connectivity index (χ3n) is 4.11. The van der Waals surface area contributed by atoms with E-state index in [1.54, 1.807) is 12.0 Å². The average molecular weight is 320 g/mol. The lowest BCUT2D eigenvalue weighted by atomic mass is 10.0. The third kappa shape index (κ3) is 4.69. The number of nitrogens with zero attached hydrogens (tertiary/aromatic N) is 1. The van der Waals surface area contributed by atoms with Crippen LogP contribution < -0.4 is 10.1 Å². The number of carbonyl (C=O) groups is 2. The minimum absolute atomic E-state index is 0.0218. The van der Waals surface area contributed by atoms with Crippen LogP contribution in [0.25, 0.3) is 0 Å². The first kappa shape index (κ1) is 17.3. The standard InChI is InChI=1S/C17H24N2O4/c1-13-4-6-15(7-5-13)23-12-17(22-3)8-9-19(11-17)16(21)10-18-14(2)20/h4-7H,8-12H2,1-3H3,(H,18,20)/t17-/m0/s1. The van der Waals surface area contributed by atoms with Gasteiger partial charge in [-0.2, -0.15) is 0 Å². The number of carbonyl (C=O) groups excluding carboxylic acids is 2. The number of hydrogen-bond acceptors (Lipinski definition) is 4. The van der Waals surface area contributed by atoms with Gasteiger partial charge in [-0.1, -0.05) is 17.7 Å². The molecule has 0 unspecified atom stereocenters. The van der Waals surface area contributed by atoms with Crippen molar-refractivity contribution in [2.75, 3.05) is 33.4 Å². The van der Waals surface area contributed by atoms with Crippen LogP contribution in [0.2, 0.25) is 0 Å². The van der Waals surface area contributed by atoms with Crippen LogP contribution >= 0.6 is 0 Å². The molecule has 1 aliphatic heterocycles. The Balaban J connectivity index is 1.90. The number of amides is 2. The van der Waals surface area contributed by atoms with Crippen molar-refractivity contribution in [3.8, 4) is 5.75 Å². The second-order valence-corrected chi connectivity index (χ2v) is 5.96. The highest BCUT2D eigenvalue weighted by atomic mass is 16.5. The zero-order valence-corrected chi connectivity index (χ0v) is 13.9. The van der Waals surface area contributed by atoms with Crippen molar-refractivity contribution in [1.82, 2.24) is 10.2 Å². The first-order valence-corrected chi connectivity index (χ1v) is 7.71. The summed E-state index contributed by atoms with van der Waals surface area (Å²) >= 11 is 0. The van der Waals surface area contributed by atoms with Crippen LogP contribution in [-0.2, 0) is 14.3 Å². The third-order valence-corrected chi connectivity index (χ3v) is 4.11. The molecule has 1 saturated heterocycles. The van der Waals surface area contributed by atoms with Gasteiger partial charge in [0, 0.05) is 20.6 Å². The molecule has 0 saturated carbocycles. The highest BCUT2D eigenvalue weighted by molar-refractivity contribution is 5.83. The first-order chi connectivity index (χ1) is 10.9. The quantitative estimate of drug-likeness (QED) is 0.853. The summed E-state index contributed by atoms with van der Waals surface area (Å²) in [6, 6.07) is 7.83. The van der Waals surface area contributed by atoms with E-state index in [-0.39, 0.29) is 18.4 Å². The predicted octanol–water partition coefficient (Wildman–Crippen LogP) is 1.13. The van der Waals surface area contributed by atoms with Gasteiger partial charge >= 0.3 is 0 Å². The smallest absolute Gasteiger partial charge is 0.242 e. The van der Waals surface area contributed by atoms with E-state index in [4.69, 9.17) is 9.47 Å². The first-order valence-electron chi connectivity index (χ1n) is 7.71. The maximum absolute atomic E-state index is 12.1. The molecule has 1 fully saturated rings. The number of rotatable bonds is 6. The van der Waals surface area contributed by atoms with Crippen molar-refractivity contribution in [1.29, 1.82) is 0 Å². The number of ether oxygens (including phenoxy) is 2. The molecule has 126 valence electrons. The van der Waals surface area contributed by atoms with Crippen LogP contribution in [0.3, 0.4) is 0 Å². The number of aryl methyl sites for hydroxylation is 1. The average Bonchev–Trinajstić information content (AvgIpc) is 2.97. The lowest BCUT2D eigenvalue weighted by Gasteiger charge is -2.28. The monoisotopic (exact) mass is 320 g/mol. The summed E-state index contributed by atoms with van der Waals surface area (Å²) in [7, 11) is 1.64. The van der Waals surface area contributed by atoms with Crippen LogP contribution in [0.5, 0.6) is 5.75 Å². The highest BCUT2D eigenvalue weighted by Gasteiger charge is 2.41. The van der Waals surface area contributed by atoms with Gasteiger partial charge < -0.3 is 19.7 Å². The summed E-state index contributed by atoms with van der Waals surface area (Å²) in [5, 5.41) is 2.53. The molecular weight excluding hydrogens is 296 g/mol. The van der Waals surface area contributed by atoms with Gasteiger partial charge in [-0.15, -0.1) is 0 Å². The molecule has 1 aromatic carbocycles. The topological polar surface area (TPSA) is 67.9 Å². The molecule has 1 aliphatic rings. The second kappa shape index (κ2) is 7.46. The molecule has 1 atom stereocenters. The number of methoxy groups -OCH3 is 1. The Bertz CT molecular complexity index is 558. The SMILES string of the molecule is CO[C@@]1(COc2ccc(C)cc2)CCN(C(=O)CNC(C)=O)C1. The Kier molecular flexibility index (Phi) is 5.60. The zero-order chi connectivity index (χ0) is 16.9. The zero-order valence-electron chi connectivity index (χ0n) is 13.9. The van der Waals surface area contributed by atoms with Crippen LogP contribution in [0.15, 0.2) is 24.3 Å². The van der Waals surface area contributed by atoms with Gasteiger partial charge in [0.2, 0.25) is 11.8 Å².